The van der Waals surface area contributed by atoms with E-state index in [0.717, 1.165) is 17.6 Å². The van der Waals surface area contributed by atoms with Gasteiger partial charge in [-0.05, 0) is 6.92 Å². The number of aryl methyl sites for hydroxylation is 1. The number of hydrogen-bond donors (Lipinski definition) is 0. The van der Waals surface area contributed by atoms with Crippen LogP contribution in [0, 0.1) is 6.92 Å². The molecular weight excluding hydrogens is 222 g/mol. The summed E-state index contributed by atoms with van der Waals surface area (Å²) in [7, 11) is 1.35. The van der Waals surface area contributed by atoms with E-state index in [0.29, 0.717) is 23.7 Å². The molecule has 0 atom stereocenters. The number of fused-ring (bicyclic) bond motifs is 3. The smallest absolute Gasteiger partial charge is 0.343 e. The predicted molar refractivity (Wildman–Crippen MR) is 58.3 cm³/mol. The van der Waals surface area contributed by atoms with Gasteiger partial charge in [-0.1, -0.05) is 0 Å². The molecule has 88 valence electrons. The highest BCUT2D eigenvalue weighted by molar-refractivity contribution is 5.93. The second-order valence-electron chi connectivity index (χ2n) is 3.87. The summed E-state index contributed by atoms with van der Waals surface area (Å²) in [5, 5.41) is 4.21. The first-order valence-electron chi connectivity index (χ1n) is 5.30. The minimum Gasteiger partial charge on any atom is -0.492 e. The van der Waals surface area contributed by atoms with Crippen LogP contribution in [0.2, 0.25) is 0 Å². The molecule has 0 saturated carbocycles. The maximum Gasteiger partial charge on any atom is 0.343 e. The van der Waals surface area contributed by atoms with E-state index in [1.807, 2.05) is 6.92 Å². The Labute approximate surface area is 97.2 Å². The van der Waals surface area contributed by atoms with Gasteiger partial charge in [-0.25, -0.2) is 14.3 Å². The molecule has 2 aromatic rings. The van der Waals surface area contributed by atoms with Crippen molar-refractivity contribution in [2.45, 2.75) is 13.3 Å². The highest BCUT2D eigenvalue weighted by Crippen LogP contribution is 2.32. The average molecular weight is 233 g/mol. The van der Waals surface area contributed by atoms with Crippen LogP contribution in [0.25, 0.3) is 5.65 Å². The first-order valence-corrected chi connectivity index (χ1v) is 5.30. The Bertz CT molecular complexity index is 618. The van der Waals surface area contributed by atoms with E-state index < -0.39 is 5.97 Å². The Morgan fingerprint density at radius 3 is 3.18 bits per heavy atom. The number of carbonyl (C=O) groups is 1. The zero-order valence-corrected chi connectivity index (χ0v) is 9.56. The maximum atomic E-state index is 11.7. The summed E-state index contributed by atoms with van der Waals surface area (Å²) in [6, 6.07) is 0. The van der Waals surface area contributed by atoms with Crippen molar-refractivity contribution in [3.05, 3.63) is 23.1 Å². The monoisotopic (exact) mass is 233 g/mol. The third-order valence-corrected chi connectivity index (χ3v) is 2.78. The predicted octanol–water partition coefficient (Wildman–Crippen LogP) is 0.759. The number of esters is 1. The van der Waals surface area contributed by atoms with E-state index in [2.05, 4.69) is 10.1 Å². The van der Waals surface area contributed by atoms with Crippen LogP contribution < -0.4 is 4.74 Å². The van der Waals surface area contributed by atoms with Crippen molar-refractivity contribution in [3.8, 4) is 5.75 Å². The van der Waals surface area contributed by atoms with E-state index in [1.165, 1.54) is 7.11 Å². The fourth-order valence-corrected chi connectivity index (χ4v) is 2.07. The molecule has 17 heavy (non-hydrogen) atoms. The number of rotatable bonds is 1. The van der Waals surface area contributed by atoms with Crippen LogP contribution in [0.5, 0.6) is 5.75 Å². The quantitative estimate of drug-likeness (QED) is 0.680. The first kappa shape index (κ1) is 10.1. The van der Waals surface area contributed by atoms with Crippen molar-refractivity contribution in [3.63, 3.8) is 0 Å². The topological polar surface area (TPSA) is 65.7 Å². The Balaban J connectivity index is 2.33. The van der Waals surface area contributed by atoms with Crippen molar-refractivity contribution in [2.75, 3.05) is 13.7 Å². The SMILES string of the molecule is COC(=O)c1cn2nc(C)nc2c2c1OCC2. The molecule has 0 fully saturated rings. The molecule has 1 aliphatic heterocycles. The molecule has 0 unspecified atom stereocenters. The second kappa shape index (κ2) is 3.44. The molecule has 6 nitrogen and oxygen atoms in total. The molecule has 0 amide bonds. The zero-order chi connectivity index (χ0) is 12.0. The second-order valence-corrected chi connectivity index (χ2v) is 3.87. The number of nitrogens with zero attached hydrogens (tertiary/aromatic N) is 3. The van der Waals surface area contributed by atoms with Gasteiger partial charge in [0, 0.05) is 18.2 Å². The van der Waals surface area contributed by atoms with E-state index in [4.69, 9.17) is 9.47 Å². The van der Waals surface area contributed by atoms with Crippen LogP contribution in [-0.2, 0) is 11.2 Å². The summed E-state index contributed by atoms with van der Waals surface area (Å²) < 4.78 is 11.8. The number of aromatic nitrogens is 3. The number of ether oxygens (including phenoxy) is 2. The molecule has 6 heteroatoms. The molecule has 0 radical (unpaired) electrons. The lowest BCUT2D eigenvalue weighted by Gasteiger charge is -2.06. The van der Waals surface area contributed by atoms with Crippen molar-refractivity contribution >= 4 is 11.6 Å². The highest BCUT2D eigenvalue weighted by Gasteiger charge is 2.26. The minimum absolute atomic E-state index is 0.400. The zero-order valence-electron chi connectivity index (χ0n) is 9.56. The Morgan fingerprint density at radius 2 is 2.41 bits per heavy atom. The van der Waals surface area contributed by atoms with Gasteiger partial charge in [-0.2, -0.15) is 5.10 Å². The van der Waals surface area contributed by atoms with Crippen LogP contribution in [0.15, 0.2) is 6.20 Å². The number of hydrogen-bond acceptors (Lipinski definition) is 5. The third-order valence-electron chi connectivity index (χ3n) is 2.78. The molecule has 2 aromatic heterocycles. The van der Waals surface area contributed by atoms with Gasteiger partial charge in [0.1, 0.15) is 17.1 Å². The fourth-order valence-electron chi connectivity index (χ4n) is 2.07. The molecule has 3 heterocycles. The minimum atomic E-state index is -0.418. The van der Waals surface area contributed by atoms with Gasteiger partial charge in [0.15, 0.2) is 5.65 Å². The standard InChI is InChI=1S/C11H11N3O3/c1-6-12-10-7-3-4-17-9(7)8(11(15)16-2)5-14(10)13-6/h5H,3-4H2,1-2H3. The van der Waals surface area contributed by atoms with Crippen molar-refractivity contribution in [2.24, 2.45) is 0 Å². The number of carbonyl (C=O) groups excluding carboxylic acids is 1. The summed E-state index contributed by atoms with van der Waals surface area (Å²) in [6.07, 6.45) is 2.34. The lowest BCUT2D eigenvalue weighted by molar-refractivity contribution is 0.0596. The van der Waals surface area contributed by atoms with Gasteiger partial charge >= 0.3 is 5.97 Å². The molecule has 0 N–H and O–H groups in total. The molecule has 3 rings (SSSR count). The molecule has 0 aliphatic carbocycles. The largest absolute Gasteiger partial charge is 0.492 e. The van der Waals surface area contributed by atoms with Gasteiger partial charge in [0.05, 0.1) is 13.7 Å². The van der Waals surface area contributed by atoms with E-state index in [-0.39, 0.29) is 0 Å². The first-order chi connectivity index (χ1) is 8.20. The third kappa shape index (κ3) is 1.37. The van der Waals surface area contributed by atoms with Crippen LogP contribution in [0.3, 0.4) is 0 Å². The van der Waals surface area contributed by atoms with E-state index >= 15 is 0 Å². The van der Waals surface area contributed by atoms with Crippen LogP contribution in [0.1, 0.15) is 21.7 Å². The molecule has 0 saturated heterocycles. The molecule has 0 aromatic carbocycles. The molecular formula is C11H11N3O3. The summed E-state index contributed by atoms with van der Waals surface area (Å²) >= 11 is 0. The van der Waals surface area contributed by atoms with Crippen molar-refractivity contribution < 1.29 is 14.3 Å². The number of methoxy groups -OCH3 is 1. The van der Waals surface area contributed by atoms with Crippen LogP contribution >= 0.6 is 0 Å². The lowest BCUT2D eigenvalue weighted by atomic mass is 10.1. The molecule has 0 bridgehead atoms. The highest BCUT2D eigenvalue weighted by atomic mass is 16.5. The molecule has 0 spiro atoms. The Morgan fingerprint density at radius 1 is 1.59 bits per heavy atom. The van der Waals surface area contributed by atoms with Crippen molar-refractivity contribution in [1.82, 2.24) is 14.6 Å². The van der Waals surface area contributed by atoms with E-state index in [1.54, 1.807) is 10.7 Å². The summed E-state index contributed by atoms with van der Waals surface area (Å²) in [5.74, 6) is 0.830. The summed E-state index contributed by atoms with van der Waals surface area (Å²) in [4.78, 5) is 16.0. The maximum absolute atomic E-state index is 11.7. The number of pyridine rings is 1. The molecule has 1 aliphatic rings. The van der Waals surface area contributed by atoms with Crippen LogP contribution in [0.4, 0.5) is 0 Å². The summed E-state index contributed by atoms with van der Waals surface area (Å²) in [6.45, 7) is 2.37. The van der Waals surface area contributed by atoms with Gasteiger partial charge in [0.2, 0.25) is 0 Å². The van der Waals surface area contributed by atoms with Gasteiger partial charge in [-0.3, -0.25) is 0 Å². The van der Waals surface area contributed by atoms with Gasteiger partial charge < -0.3 is 9.47 Å². The Kier molecular flexibility index (Phi) is 2.04. The van der Waals surface area contributed by atoms with Crippen molar-refractivity contribution in [1.29, 1.82) is 0 Å². The fraction of sp³-hybridized carbons (Fsp3) is 0.364. The average Bonchev–Trinajstić information content (AvgIpc) is 2.91. The van der Waals surface area contributed by atoms with Gasteiger partial charge in [0.25, 0.3) is 0 Å². The van der Waals surface area contributed by atoms with E-state index in [9.17, 15) is 4.79 Å². The lowest BCUT2D eigenvalue weighted by Crippen LogP contribution is -2.06. The van der Waals surface area contributed by atoms with Gasteiger partial charge in [-0.15, -0.1) is 0 Å². The summed E-state index contributed by atoms with van der Waals surface area (Å²) in [5.41, 5.74) is 2.08. The van der Waals surface area contributed by atoms with Crippen LogP contribution in [-0.4, -0.2) is 34.3 Å². The Hall–Kier alpha value is -2.11. The normalized spacial score (nSPS) is 13.5.